The van der Waals surface area contributed by atoms with E-state index in [4.69, 9.17) is 9.47 Å². The van der Waals surface area contributed by atoms with E-state index in [0.717, 1.165) is 53.3 Å². The van der Waals surface area contributed by atoms with Crippen LogP contribution in [0.3, 0.4) is 0 Å². The summed E-state index contributed by atoms with van der Waals surface area (Å²) in [6.45, 7) is 10.6. The monoisotopic (exact) mass is 476 g/mol. The first-order valence-electron chi connectivity index (χ1n) is 11.2. The van der Waals surface area contributed by atoms with E-state index in [2.05, 4.69) is 9.80 Å². The lowest BCUT2D eigenvalue weighted by Crippen LogP contribution is -2.48. The van der Waals surface area contributed by atoms with E-state index in [-0.39, 0.29) is 5.75 Å². The van der Waals surface area contributed by atoms with Gasteiger partial charge >= 0.3 is 0 Å². The van der Waals surface area contributed by atoms with Gasteiger partial charge in [0.05, 0.1) is 20.3 Å². The summed E-state index contributed by atoms with van der Waals surface area (Å²) >= 11 is 1.64. The molecule has 2 aromatic rings. The van der Waals surface area contributed by atoms with E-state index in [1.54, 1.807) is 18.9 Å². The number of benzene rings is 2. The van der Waals surface area contributed by atoms with Crippen LogP contribution >= 0.6 is 11.8 Å². The molecule has 182 valence electrons. The number of thioether (sulfide) groups is 1. The average Bonchev–Trinajstić information content (AvgIpc) is 2.81. The summed E-state index contributed by atoms with van der Waals surface area (Å²) in [6, 6.07) is 5.69. The molecular formula is C25H36N2O5S. The minimum atomic E-state index is -0.426. The van der Waals surface area contributed by atoms with Gasteiger partial charge in [0.2, 0.25) is 5.75 Å². The normalized spacial score (nSPS) is 16.1. The lowest BCUT2D eigenvalue weighted by Gasteiger charge is -2.35. The zero-order chi connectivity index (χ0) is 24.1. The first kappa shape index (κ1) is 25.5. The van der Waals surface area contributed by atoms with Crippen LogP contribution in [0.2, 0.25) is 0 Å². The second-order valence-electron chi connectivity index (χ2n) is 8.64. The number of aryl methyl sites for hydroxylation is 1. The maximum absolute atomic E-state index is 10.6. The van der Waals surface area contributed by atoms with Gasteiger partial charge in [-0.1, -0.05) is 6.07 Å². The van der Waals surface area contributed by atoms with Crippen LogP contribution in [0.4, 0.5) is 0 Å². The van der Waals surface area contributed by atoms with Gasteiger partial charge in [-0.2, -0.15) is 0 Å². The smallest absolute Gasteiger partial charge is 0.203 e. The molecule has 3 rings (SSSR count). The standard InChI is InChI=1S/C25H36N2O5S/c1-16-12-22(17(2)18(3)23(16)29)33-15-20(28)14-27-10-8-26(9-11-27)13-19-6-7-21(31-4)25(32-5)24(19)30/h6-7,12,20,28-30H,8-11,13-15H2,1-5H3. The lowest BCUT2D eigenvalue weighted by atomic mass is 10.1. The van der Waals surface area contributed by atoms with Crippen molar-refractivity contribution in [2.24, 2.45) is 0 Å². The van der Waals surface area contributed by atoms with Gasteiger partial charge in [0.25, 0.3) is 0 Å². The Bertz CT molecular complexity index is 961. The number of methoxy groups -OCH3 is 2. The molecule has 1 saturated heterocycles. The van der Waals surface area contributed by atoms with Crippen molar-refractivity contribution in [3.63, 3.8) is 0 Å². The van der Waals surface area contributed by atoms with Crippen LogP contribution in [-0.2, 0) is 6.54 Å². The van der Waals surface area contributed by atoms with Crippen LogP contribution in [0.25, 0.3) is 0 Å². The quantitative estimate of drug-likeness (QED) is 0.476. The molecule has 0 aliphatic carbocycles. The number of aromatic hydroxyl groups is 2. The molecule has 7 nitrogen and oxygen atoms in total. The van der Waals surface area contributed by atoms with Crippen molar-refractivity contribution < 1.29 is 24.8 Å². The van der Waals surface area contributed by atoms with Gasteiger partial charge in [-0.3, -0.25) is 9.80 Å². The third-order valence-corrected chi connectivity index (χ3v) is 7.66. The molecule has 1 atom stereocenters. The highest BCUT2D eigenvalue weighted by molar-refractivity contribution is 7.99. The van der Waals surface area contributed by atoms with E-state index in [0.29, 0.717) is 36.1 Å². The van der Waals surface area contributed by atoms with E-state index in [1.807, 2.05) is 39.0 Å². The van der Waals surface area contributed by atoms with Crippen molar-refractivity contribution in [2.45, 2.75) is 38.3 Å². The van der Waals surface area contributed by atoms with E-state index < -0.39 is 6.10 Å². The maximum Gasteiger partial charge on any atom is 0.203 e. The van der Waals surface area contributed by atoms with Gasteiger partial charge in [-0.25, -0.2) is 0 Å². The van der Waals surface area contributed by atoms with Crippen LogP contribution in [0.1, 0.15) is 22.3 Å². The highest BCUT2D eigenvalue weighted by Crippen LogP contribution is 2.39. The second kappa shape index (κ2) is 11.3. The predicted molar refractivity (Wildman–Crippen MR) is 132 cm³/mol. The summed E-state index contributed by atoms with van der Waals surface area (Å²) in [5, 5.41) is 31.2. The lowest BCUT2D eigenvalue weighted by molar-refractivity contribution is 0.0795. The fourth-order valence-electron chi connectivity index (χ4n) is 4.17. The van der Waals surface area contributed by atoms with Crippen molar-refractivity contribution in [3.8, 4) is 23.0 Å². The Morgan fingerprint density at radius 1 is 0.939 bits per heavy atom. The average molecular weight is 477 g/mol. The summed E-state index contributed by atoms with van der Waals surface area (Å²) < 4.78 is 10.5. The van der Waals surface area contributed by atoms with Gasteiger partial charge < -0.3 is 24.8 Å². The number of aliphatic hydroxyl groups is 1. The highest BCUT2D eigenvalue weighted by Gasteiger charge is 2.22. The minimum Gasteiger partial charge on any atom is -0.507 e. The summed E-state index contributed by atoms with van der Waals surface area (Å²) in [5.41, 5.74) is 3.66. The third kappa shape index (κ3) is 6.06. The summed E-state index contributed by atoms with van der Waals surface area (Å²) in [5.74, 6) is 1.98. The van der Waals surface area contributed by atoms with Crippen LogP contribution in [-0.4, -0.2) is 83.9 Å². The van der Waals surface area contributed by atoms with Crippen molar-refractivity contribution in [2.75, 3.05) is 52.7 Å². The largest absolute Gasteiger partial charge is 0.507 e. The number of aliphatic hydroxyl groups excluding tert-OH is 1. The number of rotatable bonds is 9. The molecule has 0 spiro atoms. The molecular weight excluding hydrogens is 440 g/mol. The topological polar surface area (TPSA) is 85.6 Å². The van der Waals surface area contributed by atoms with Crippen molar-refractivity contribution in [1.29, 1.82) is 0 Å². The summed E-state index contributed by atoms with van der Waals surface area (Å²) in [7, 11) is 3.08. The van der Waals surface area contributed by atoms with Gasteiger partial charge in [0.15, 0.2) is 11.5 Å². The van der Waals surface area contributed by atoms with Crippen LogP contribution in [0.15, 0.2) is 23.1 Å². The van der Waals surface area contributed by atoms with Gasteiger partial charge in [0.1, 0.15) is 5.75 Å². The molecule has 1 aliphatic rings. The molecule has 0 aromatic heterocycles. The van der Waals surface area contributed by atoms with E-state index in [1.165, 1.54) is 7.11 Å². The summed E-state index contributed by atoms with van der Waals surface area (Å²) in [6.07, 6.45) is -0.426. The van der Waals surface area contributed by atoms with Crippen molar-refractivity contribution >= 4 is 11.8 Å². The Labute approximate surface area is 200 Å². The van der Waals surface area contributed by atoms with Crippen LogP contribution < -0.4 is 9.47 Å². The fourth-order valence-corrected chi connectivity index (χ4v) is 5.28. The number of β-amino-alcohol motifs (C(OH)–C–C–N with tert-alkyl or cyclic N) is 1. The van der Waals surface area contributed by atoms with E-state index >= 15 is 0 Å². The molecule has 0 amide bonds. The molecule has 2 aromatic carbocycles. The Morgan fingerprint density at radius 3 is 2.24 bits per heavy atom. The Balaban J connectivity index is 1.48. The first-order valence-corrected chi connectivity index (χ1v) is 12.2. The number of nitrogens with zero attached hydrogens (tertiary/aromatic N) is 2. The predicted octanol–water partition coefficient (Wildman–Crippen LogP) is 3.31. The number of phenolic OH excluding ortho intramolecular Hbond substituents is 2. The molecule has 0 bridgehead atoms. The Hall–Kier alpha value is -2.13. The number of hydrogen-bond donors (Lipinski definition) is 3. The Morgan fingerprint density at radius 2 is 1.61 bits per heavy atom. The molecule has 3 N–H and O–H groups in total. The molecule has 1 aliphatic heterocycles. The molecule has 0 saturated carbocycles. The summed E-state index contributed by atoms with van der Waals surface area (Å²) in [4.78, 5) is 5.70. The third-order valence-electron chi connectivity index (χ3n) is 6.37. The zero-order valence-electron chi connectivity index (χ0n) is 20.2. The van der Waals surface area contributed by atoms with E-state index in [9.17, 15) is 15.3 Å². The number of piperazine rings is 1. The highest BCUT2D eigenvalue weighted by atomic mass is 32.2. The fraction of sp³-hybridized carbons (Fsp3) is 0.520. The number of hydrogen-bond acceptors (Lipinski definition) is 8. The van der Waals surface area contributed by atoms with Crippen molar-refractivity contribution in [1.82, 2.24) is 9.80 Å². The Kier molecular flexibility index (Phi) is 8.75. The number of phenols is 2. The molecule has 1 fully saturated rings. The SMILES string of the molecule is COc1ccc(CN2CCN(CC(O)CSc3cc(C)c(O)c(C)c3C)CC2)c(O)c1OC. The zero-order valence-corrected chi connectivity index (χ0v) is 21.0. The maximum atomic E-state index is 10.6. The van der Waals surface area contributed by atoms with Crippen LogP contribution in [0.5, 0.6) is 23.0 Å². The first-order chi connectivity index (χ1) is 15.7. The van der Waals surface area contributed by atoms with Gasteiger partial charge in [0, 0.05) is 55.5 Å². The molecule has 1 unspecified atom stereocenters. The van der Waals surface area contributed by atoms with Gasteiger partial charge in [-0.15, -0.1) is 11.8 Å². The van der Waals surface area contributed by atoms with Crippen molar-refractivity contribution in [3.05, 3.63) is 40.5 Å². The van der Waals surface area contributed by atoms with Crippen LogP contribution in [0, 0.1) is 20.8 Å². The molecule has 1 heterocycles. The van der Waals surface area contributed by atoms with Gasteiger partial charge in [-0.05, 0) is 49.6 Å². The minimum absolute atomic E-state index is 0.127. The number of ether oxygens (including phenoxy) is 2. The molecule has 0 radical (unpaired) electrons. The second-order valence-corrected chi connectivity index (χ2v) is 9.70. The molecule has 8 heteroatoms. The molecule has 33 heavy (non-hydrogen) atoms.